The van der Waals surface area contributed by atoms with Gasteiger partial charge in [-0.25, -0.2) is 19.2 Å². The van der Waals surface area contributed by atoms with Crippen molar-refractivity contribution < 1.29 is 57.2 Å². The fourth-order valence-electron chi connectivity index (χ4n) is 8.85. The van der Waals surface area contributed by atoms with E-state index in [0.717, 1.165) is 12.5 Å². The number of ether oxygens (including phenoxy) is 6. The Morgan fingerprint density at radius 2 is 1.50 bits per heavy atom. The molecule has 4 aliphatic carbocycles. The molecule has 12 nitrogen and oxygen atoms in total. The molecule has 44 heavy (non-hydrogen) atoms. The molecule has 4 saturated carbocycles. The van der Waals surface area contributed by atoms with E-state index in [2.05, 4.69) is 38.7 Å². The smallest absolute Gasteiger partial charge is 0.344 e. The van der Waals surface area contributed by atoms with Crippen molar-refractivity contribution in [1.29, 1.82) is 0 Å². The topological polar surface area (TPSA) is 158 Å². The fourth-order valence-corrected chi connectivity index (χ4v) is 8.85. The summed E-state index contributed by atoms with van der Waals surface area (Å²) in [6, 6.07) is 0. The van der Waals surface area contributed by atoms with Gasteiger partial charge in [0.25, 0.3) is 0 Å². The van der Waals surface area contributed by atoms with E-state index < -0.39 is 37.1 Å². The van der Waals surface area contributed by atoms with Gasteiger partial charge >= 0.3 is 35.8 Å². The number of esters is 6. The average Bonchev–Trinajstić information content (AvgIpc) is 3.74. The van der Waals surface area contributed by atoms with E-state index in [-0.39, 0.29) is 82.3 Å². The highest BCUT2D eigenvalue weighted by Gasteiger charge is 2.68. The van der Waals surface area contributed by atoms with Crippen molar-refractivity contribution in [2.24, 2.45) is 40.4 Å². The predicted molar refractivity (Wildman–Crippen MR) is 149 cm³/mol. The van der Waals surface area contributed by atoms with Gasteiger partial charge in [0.1, 0.15) is 24.4 Å². The first-order valence-corrected chi connectivity index (χ1v) is 15.0. The molecule has 0 spiro atoms. The van der Waals surface area contributed by atoms with Gasteiger partial charge in [0.15, 0.2) is 13.2 Å². The second-order valence-electron chi connectivity index (χ2n) is 13.7. The first-order valence-electron chi connectivity index (χ1n) is 15.0. The van der Waals surface area contributed by atoms with Gasteiger partial charge in [0, 0.05) is 46.7 Å². The Morgan fingerprint density at radius 1 is 0.886 bits per heavy atom. The molecule has 0 aromatic carbocycles. The molecule has 10 unspecified atom stereocenters. The molecule has 4 bridgehead atoms. The van der Waals surface area contributed by atoms with E-state index in [0.29, 0.717) is 25.7 Å². The summed E-state index contributed by atoms with van der Waals surface area (Å²) in [5, 5.41) is 0. The summed E-state index contributed by atoms with van der Waals surface area (Å²) in [4.78, 5) is 68.9. The lowest BCUT2D eigenvalue weighted by Gasteiger charge is -2.34. The molecule has 0 radical (unpaired) electrons. The Labute approximate surface area is 255 Å². The zero-order valence-electron chi connectivity index (χ0n) is 25.5. The van der Waals surface area contributed by atoms with Crippen LogP contribution in [0, 0.1) is 40.4 Å². The summed E-state index contributed by atoms with van der Waals surface area (Å²) >= 11 is 0. The van der Waals surface area contributed by atoms with Crippen molar-refractivity contribution in [3.05, 3.63) is 24.8 Å². The molecule has 12 heteroatoms. The molecule has 0 N–H and O–H groups in total. The minimum atomic E-state index is -0.651. The highest BCUT2D eigenvalue weighted by Crippen LogP contribution is 2.64. The Kier molecular flexibility index (Phi) is 8.41. The molecule has 240 valence electrons. The lowest BCUT2D eigenvalue weighted by Crippen LogP contribution is -2.39. The zero-order valence-corrected chi connectivity index (χ0v) is 25.5. The van der Waals surface area contributed by atoms with Crippen LogP contribution in [-0.2, 0) is 57.2 Å². The predicted octanol–water partition coefficient (Wildman–Crippen LogP) is 2.61. The lowest BCUT2D eigenvalue weighted by molar-refractivity contribution is -0.165. The third kappa shape index (κ3) is 5.75. The van der Waals surface area contributed by atoms with Gasteiger partial charge in [0.2, 0.25) is 0 Å². The third-order valence-electron chi connectivity index (χ3n) is 10.5. The maximum Gasteiger partial charge on any atom is 0.344 e. The first kappa shape index (κ1) is 31.7. The van der Waals surface area contributed by atoms with Crippen LogP contribution in [0.1, 0.15) is 59.8 Å². The zero-order chi connectivity index (χ0) is 32.1. The van der Waals surface area contributed by atoms with Gasteiger partial charge in [-0.3, -0.25) is 9.59 Å². The molecule has 0 aromatic rings. The van der Waals surface area contributed by atoms with Gasteiger partial charge in [-0.05, 0) is 31.6 Å². The average molecular weight is 617 g/mol. The van der Waals surface area contributed by atoms with Crippen molar-refractivity contribution in [2.75, 3.05) is 13.2 Å². The van der Waals surface area contributed by atoms with Crippen LogP contribution in [0.25, 0.3) is 0 Å². The molecule has 2 heterocycles. The Bertz CT molecular complexity index is 1280. The van der Waals surface area contributed by atoms with Gasteiger partial charge in [-0.15, -0.1) is 0 Å². The van der Waals surface area contributed by atoms with Crippen LogP contribution in [0.5, 0.6) is 0 Å². The largest absolute Gasteiger partial charge is 0.462 e. The summed E-state index contributed by atoms with van der Waals surface area (Å²) in [7, 11) is 0. The summed E-state index contributed by atoms with van der Waals surface area (Å²) in [6.07, 6.45) is 3.53. The number of fused-ring (bicyclic) bond motifs is 10. The highest BCUT2D eigenvalue weighted by molar-refractivity contribution is 5.88. The van der Waals surface area contributed by atoms with E-state index in [1.165, 1.54) is 6.92 Å². The van der Waals surface area contributed by atoms with E-state index in [9.17, 15) is 28.8 Å². The van der Waals surface area contributed by atoms with Gasteiger partial charge in [0.05, 0.1) is 12.8 Å². The molecular formula is C32H40O12. The molecule has 6 aliphatic rings. The Balaban J connectivity index is 0.000000175. The van der Waals surface area contributed by atoms with Gasteiger partial charge in [-0.2, -0.15) is 0 Å². The third-order valence-corrected chi connectivity index (χ3v) is 10.5. The standard InChI is InChI=1S/C17H22O6.C15H18O6/c1-8(2)16(20)21-7-13(19)22-11-6-10-15-9(5-12(18)23-15)14(11)17(10,3)4;1-3-11(16)19-7-13(18)20-10-6-15(2)5-9(10)8-4-12(17)21-14(8)15/h9-11,14-15H,1,5-7H2,2-4H3;3,8-10,14H,1,4-7H2,2H3. The molecule has 6 fully saturated rings. The second kappa shape index (κ2) is 11.7. The van der Waals surface area contributed by atoms with Gasteiger partial charge < -0.3 is 28.4 Å². The number of hydrogen-bond acceptors (Lipinski definition) is 12. The number of carbonyl (C=O) groups excluding carboxylic acids is 6. The van der Waals surface area contributed by atoms with Crippen LogP contribution in [0.15, 0.2) is 24.8 Å². The van der Waals surface area contributed by atoms with Crippen molar-refractivity contribution in [3.63, 3.8) is 0 Å². The first-order chi connectivity index (χ1) is 20.6. The van der Waals surface area contributed by atoms with E-state index in [1.807, 2.05) is 0 Å². The van der Waals surface area contributed by atoms with Gasteiger partial charge in [-0.1, -0.05) is 33.9 Å². The molecule has 10 atom stereocenters. The Hall–Kier alpha value is -3.70. The lowest BCUT2D eigenvalue weighted by atomic mass is 9.77. The summed E-state index contributed by atoms with van der Waals surface area (Å²) in [5.74, 6) is -1.97. The van der Waals surface area contributed by atoms with Crippen molar-refractivity contribution in [1.82, 2.24) is 0 Å². The summed E-state index contributed by atoms with van der Waals surface area (Å²) in [6.45, 7) is 13.8. The minimum absolute atomic E-state index is 0.0324. The van der Waals surface area contributed by atoms with Crippen molar-refractivity contribution in [3.8, 4) is 0 Å². The molecule has 6 rings (SSSR count). The summed E-state index contributed by atoms with van der Waals surface area (Å²) < 4.78 is 31.3. The normalized spacial score (nSPS) is 37.9. The molecule has 0 amide bonds. The highest BCUT2D eigenvalue weighted by atomic mass is 16.6. The van der Waals surface area contributed by atoms with E-state index >= 15 is 0 Å². The number of carbonyl (C=O) groups is 6. The monoisotopic (exact) mass is 616 g/mol. The summed E-state index contributed by atoms with van der Waals surface area (Å²) in [5.41, 5.74) is 0.0999. The van der Waals surface area contributed by atoms with Crippen LogP contribution < -0.4 is 0 Å². The molecular weight excluding hydrogens is 576 g/mol. The van der Waals surface area contributed by atoms with E-state index in [1.54, 1.807) is 0 Å². The molecule has 0 aromatic heterocycles. The number of hydrogen-bond donors (Lipinski definition) is 0. The maximum absolute atomic E-state index is 11.9. The van der Waals surface area contributed by atoms with Crippen LogP contribution in [0.2, 0.25) is 0 Å². The van der Waals surface area contributed by atoms with Crippen molar-refractivity contribution in [2.45, 2.75) is 84.2 Å². The SMILES string of the molecule is C=C(C)C(=O)OCC(=O)OC1CC2C3OC(=O)CC3C1C2(C)C.C=CC(=O)OCC(=O)OC1CC2(C)CC1C1CC(=O)OC12. The van der Waals surface area contributed by atoms with Crippen molar-refractivity contribution >= 4 is 35.8 Å². The maximum atomic E-state index is 11.9. The Morgan fingerprint density at radius 3 is 2.16 bits per heavy atom. The van der Waals surface area contributed by atoms with Crippen LogP contribution in [0.3, 0.4) is 0 Å². The number of rotatable bonds is 8. The van der Waals surface area contributed by atoms with E-state index in [4.69, 9.17) is 23.7 Å². The molecule has 2 saturated heterocycles. The molecule has 2 aliphatic heterocycles. The van der Waals surface area contributed by atoms with Crippen LogP contribution in [0.4, 0.5) is 0 Å². The second-order valence-corrected chi connectivity index (χ2v) is 13.7. The quantitative estimate of drug-likeness (QED) is 0.223. The van der Waals surface area contributed by atoms with Crippen LogP contribution in [-0.4, -0.2) is 73.4 Å². The van der Waals surface area contributed by atoms with Crippen LogP contribution >= 0.6 is 0 Å². The minimum Gasteiger partial charge on any atom is -0.462 e. The fraction of sp³-hybridized carbons (Fsp3) is 0.688.